The zero-order valence-corrected chi connectivity index (χ0v) is 22.3. The first-order chi connectivity index (χ1) is 14.2. The van der Waals surface area contributed by atoms with Crippen molar-refractivity contribution in [2.24, 2.45) is 0 Å². The van der Waals surface area contributed by atoms with Crippen LogP contribution in [-0.2, 0) is 27.3 Å². The number of aryl methyl sites for hydroxylation is 2. The smallest absolute Gasteiger partial charge is 0.870 e. The molecule has 0 bridgehead atoms. The number of carboxylic acid groups (broad SMARTS) is 1. The van der Waals surface area contributed by atoms with E-state index in [2.05, 4.69) is 24.3 Å². The monoisotopic (exact) mass is 465 g/mol. The number of thiophene rings is 1. The summed E-state index contributed by atoms with van der Waals surface area (Å²) in [6, 6.07) is 8.24. The molecule has 1 aliphatic heterocycles. The van der Waals surface area contributed by atoms with Crippen LogP contribution in [0.15, 0.2) is 24.3 Å². The summed E-state index contributed by atoms with van der Waals surface area (Å²) in [6.45, 7) is 10.8. The van der Waals surface area contributed by atoms with Gasteiger partial charge in [0.15, 0.2) is 6.10 Å². The van der Waals surface area contributed by atoms with E-state index in [0.717, 1.165) is 33.3 Å². The summed E-state index contributed by atoms with van der Waals surface area (Å²) >= 11 is 1.64. The Kier molecular flexibility index (Phi) is 8.67. The fraction of sp³-hybridized carbons (Fsp3) is 0.417. The van der Waals surface area contributed by atoms with E-state index in [9.17, 15) is 9.90 Å². The zero-order valence-electron chi connectivity index (χ0n) is 19.5. The van der Waals surface area contributed by atoms with Crippen LogP contribution in [0.1, 0.15) is 54.1 Å². The summed E-state index contributed by atoms with van der Waals surface area (Å²) < 4.78 is 11.7. The average Bonchev–Trinajstić information content (AvgIpc) is 3.03. The van der Waals surface area contributed by atoms with Gasteiger partial charge in [0, 0.05) is 27.1 Å². The minimum atomic E-state index is -1.10. The van der Waals surface area contributed by atoms with Crippen molar-refractivity contribution in [2.75, 3.05) is 6.61 Å². The van der Waals surface area contributed by atoms with Gasteiger partial charge in [0.05, 0.1) is 18.8 Å². The van der Waals surface area contributed by atoms with Crippen LogP contribution in [0.4, 0.5) is 0 Å². The van der Waals surface area contributed by atoms with Crippen molar-refractivity contribution in [3.05, 3.63) is 51.5 Å². The van der Waals surface area contributed by atoms with Crippen LogP contribution in [0.5, 0.6) is 0 Å². The van der Waals surface area contributed by atoms with E-state index in [0.29, 0.717) is 24.5 Å². The van der Waals surface area contributed by atoms with Crippen molar-refractivity contribution in [2.45, 2.75) is 59.4 Å². The normalized spacial score (nSPS) is 14.3. The van der Waals surface area contributed by atoms with Gasteiger partial charge in [-0.25, -0.2) is 9.78 Å². The molecule has 6 nitrogen and oxygen atoms in total. The molecule has 4 rings (SSSR count). The van der Waals surface area contributed by atoms with Crippen molar-refractivity contribution in [3.8, 4) is 11.1 Å². The van der Waals surface area contributed by atoms with Crippen molar-refractivity contribution in [3.63, 3.8) is 0 Å². The maximum Gasteiger partial charge on any atom is 1.00 e. The van der Waals surface area contributed by atoms with Gasteiger partial charge in [-0.3, -0.25) is 0 Å². The van der Waals surface area contributed by atoms with E-state index in [1.807, 2.05) is 34.6 Å². The summed E-state index contributed by atoms with van der Waals surface area (Å²) in [7, 11) is 0. The molecule has 1 atom stereocenters. The van der Waals surface area contributed by atoms with E-state index in [4.69, 9.17) is 14.5 Å². The molecule has 2 aromatic heterocycles. The topological polar surface area (TPSA) is 98.7 Å². The largest absolute Gasteiger partial charge is 1.00 e. The molecule has 0 saturated heterocycles. The van der Waals surface area contributed by atoms with E-state index in [1.54, 1.807) is 11.3 Å². The third kappa shape index (κ3) is 5.25. The number of benzene rings is 1. The summed E-state index contributed by atoms with van der Waals surface area (Å²) in [4.78, 5) is 19.3. The number of ether oxygens (including phenoxy) is 2. The van der Waals surface area contributed by atoms with Crippen molar-refractivity contribution < 1.29 is 54.4 Å². The molecule has 0 amide bonds. The molecule has 32 heavy (non-hydrogen) atoms. The Balaban J connectivity index is 0.00000181. The Bertz CT molecular complexity index is 1120. The Morgan fingerprint density at radius 3 is 2.47 bits per heavy atom. The maximum atomic E-state index is 12.4. The van der Waals surface area contributed by atoms with E-state index >= 15 is 0 Å². The number of aliphatic carboxylic acids is 1. The molecule has 0 spiro atoms. The van der Waals surface area contributed by atoms with Gasteiger partial charge in [0.1, 0.15) is 4.83 Å². The number of fused-ring (bicyclic) bond motifs is 3. The molecule has 0 radical (unpaired) electrons. The predicted octanol–water partition coefficient (Wildman–Crippen LogP) is 2.42. The fourth-order valence-electron chi connectivity index (χ4n) is 4.01. The van der Waals surface area contributed by atoms with E-state index in [1.165, 1.54) is 10.4 Å². The third-order valence-corrected chi connectivity index (χ3v) is 6.38. The average molecular weight is 466 g/mol. The molecule has 0 aliphatic carbocycles. The Hall–Kier alpha value is -1.32. The molecule has 0 fully saturated rings. The van der Waals surface area contributed by atoms with Gasteiger partial charge in [-0.2, -0.15) is 0 Å². The molecule has 166 valence electrons. The number of nitrogens with zero attached hydrogens (tertiary/aromatic N) is 1. The van der Waals surface area contributed by atoms with Gasteiger partial charge in [-0.1, -0.05) is 29.8 Å². The van der Waals surface area contributed by atoms with Gasteiger partial charge >= 0.3 is 35.5 Å². The van der Waals surface area contributed by atoms with Crippen LogP contribution in [-0.4, -0.2) is 33.7 Å². The SMILES string of the molecule is Cc1ccc(-c2c(C(OC(C)(C)C)C(=O)O)c(C)nc3sc4c(c23)CCOC4)cc1.[Na+].[OH-]. The maximum absolute atomic E-state index is 12.4. The van der Waals surface area contributed by atoms with Crippen LogP contribution in [0.25, 0.3) is 21.3 Å². The molecule has 3 heterocycles. The number of rotatable bonds is 4. The van der Waals surface area contributed by atoms with Crippen LogP contribution < -0.4 is 29.6 Å². The second kappa shape index (κ2) is 10.3. The second-order valence-corrected chi connectivity index (χ2v) is 9.87. The van der Waals surface area contributed by atoms with Gasteiger partial charge in [-0.05, 0) is 52.2 Å². The molecule has 1 aromatic carbocycles. The first kappa shape index (κ1) is 26.9. The standard InChI is InChI=1S/C24H27NO4S.Na.H2O/c1-13-6-8-15(9-7-13)19-18(21(23(26)27)29-24(3,4)5)14(2)25-22-20(19)16-10-11-28-12-17(16)30-22;;/h6-9,21H,10-12H2,1-5H3,(H,26,27);;1H2/q;+1;/p-1. The first-order valence-electron chi connectivity index (χ1n) is 10.2. The van der Waals surface area contributed by atoms with Crippen molar-refractivity contribution >= 4 is 27.5 Å². The van der Waals surface area contributed by atoms with Crippen LogP contribution in [0.2, 0.25) is 0 Å². The summed E-state index contributed by atoms with van der Waals surface area (Å²) in [5.41, 5.74) is 5.01. The minimum Gasteiger partial charge on any atom is -0.870 e. The number of pyridine rings is 1. The molecule has 1 unspecified atom stereocenters. The fourth-order valence-corrected chi connectivity index (χ4v) is 5.22. The van der Waals surface area contributed by atoms with Gasteiger partial charge in [0.25, 0.3) is 0 Å². The molecule has 8 heteroatoms. The third-order valence-electron chi connectivity index (χ3n) is 5.28. The summed E-state index contributed by atoms with van der Waals surface area (Å²) in [5, 5.41) is 11.2. The summed E-state index contributed by atoms with van der Waals surface area (Å²) in [6.07, 6.45) is -0.301. The number of carbonyl (C=O) groups is 1. The second-order valence-electron chi connectivity index (χ2n) is 8.79. The van der Waals surface area contributed by atoms with Crippen LogP contribution >= 0.6 is 11.3 Å². The molecule has 0 saturated carbocycles. The van der Waals surface area contributed by atoms with Crippen LogP contribution in [0.3, 0.4) is 0 Å². The van der Waals surface area contributed by atoms with Gasteiger partial charge in [0.2, 0.25) is 0 Å². The number of carboxylic acids is 1. The molecular weight excluding hydrogens is 437 g/mol. The van der Waals surface area contributed by atoms with Gasteiger partial charge in [-0.15, -0.1) is 11.3 Å². The number of hydrogen-bond acceptors (Lipinski definition) is 6. The molecular formula is C24H28NNaO5S. The van der Waals surface area contributed by atoms with Gasteiger partial charge < -0.3 is 20.1 Å². The zero-order chi connectivity index (χ0) is 21.6. The Labute approximate surface area is 214 Å². The Morgan fingerprint density at radius 1 is 1.22 bits per heavy atom. The first-order valence-corrected chi connectivity index (χ1v) is 11.0. The molecule has 3 aromatic rings. The number of hydrogen-bond donors (Lipinski definition) is 1. The molecule has 2 N–H and O–H groups in total. The summed E-state index contributed by atoms with van der Waals surface area (Å²) in [5.74, 6) is -1.00. The Morgan fingerprint density at radius 2 is 1.88 bits per heavy atom. The van der Waals surface area contributed by atoms with E-state index < -0.39 is 17.7 Å². The quantitative estimate of drug-likeness (QED) is 0.594. The molecule has 1 aliphatic rings. The number of aromatic nitrogens is 1. The van der Waals surface area contributed by atoms with E-state index in [-0.39, 0.29) is 35.0 Å². The van der Waals surface area contributed by atoms with Crippen molar-refractivity contribution in [1.29, 1.82) is 0 Å². The minimum absolute atomic E-state index is 0. The predicted molar refractivity (Wildman–Crippen MR) is 121 cm³/mol. The van der Waals surface area contributed by atoms with Crippen molar-refractivity contribution in [1.82, 2.24) is 4.98 Å². The van der Waals surface area contributed by atoms with Crippen LogP contribution in [0, 0.1) is 13.8 Å².